The fourth-order valence-corrected chi connectivity index (χ4v) is 2.66. The first-order chi connectivity index (χ1) is 7.30. The van der Waals surface area contributed by atoms with Gasteiger partial charge < -0.3 is 11.5 Å². The normalized spacial score (nSPS) is 15.5. The molecule has 1 heterocycles. The number of nitrogens with two attached hydrogens (primary N) is 2. The quantitative estimate of drug-likeness (QED) is 0.722. The van der Waals surface area contributed by atoms with Crippen LogP contribution in [0.15, 0.2) is 10.5 Å². The van der Waals surface area contributed by atoms with E-state index in [4.69, 9.17) is 11.5 Å². The van der Waals surface area contributed by atoms with Gasteiger partial charge in [-0.25, -0.2) is 0 Å². The average molecular weight is 321 g/mol. The SMILES string of the molecule is CC(C)(C)N1Cc2c(Br)cc(N)c(N)c2C1.Cl. The van der Waals surface area contributed by atoms with Crippen molar-refractivity contribution in [3.63, 3.8) is 0 Å². The first-order valence-electron chi connectivity index (χ1n) is 5.41. The average Bonchev–Trinajstić information content (AvgIpc) is 2.58. The fraction of sp³-hybridized carbons (Fsp3) is 0.500. The van der Waals surface area contributed by atoms with Crippen molar-refractivity contribution in [3.05, 3.63) is 21.7 Å². The van der Waals surface area contributed by atoms with E-state index in [2.05, 4.69) is 41.6 Å². The van der Waals surface area contributed by atoms with Crippen molar-refractivity contribution in [2.24, 2.45) is 0 Å². The van der Waals surface area contributed by atoms with Gasteiger partial charge in [0.25, 0.3) is 0 Å². The zero-order valence-electron chi connectivity index (χ0n) is 10.4. The summed E-state index contributed by atoms with van der Waals surface area (Å²) in [4.78, 5) is 2.40. The maximum Gasteiger partial charge on any atom is 0.0597 e. The highest BCUT2D eigenvalue weighted by Crippen LogP contribution is 2.39. The van der Waals surface area contributed by atoms with Crippen LogP contribution in [0, 0.1) is 0 Å². The van der Waals surface area contributed by atoms with Gasteiger partial charge in [-0.2, -0.15) is 0 Å². The van der Waals surface area contributed by atoms with Crippen LogP contribution in [0.1, 0.15) is 31.9 Å². The van der Waals surface area contributed by atoms with Crippen molar-refractivity contribution in [1.82, 2.24) is 4.90 Å². The summed E-state index contributed by atoms with van der Waals surface area (Å²) in [6.07, 6.45) is 0. The molecule has 5 heteroatoms. The van der Waals surface area contributed by atoms with E-state index in [1.807, 2.05) is 6.07 Å². The number of rotatable bonds is 0. The Hall–Kier alpha value is -0.450. The molecule has 1 aromatic carbocycles. The summed E-state index contributed by atoms with van der Waals surface area (Å²) in [6, 6.07) is 1.90. The summed E-state index contributed by atoms with van der Waals surface area (Å²) in [7, 11) is 0. The van der Waals surface area contributed by atoms with E-state index in [1.54, 1.807) is 0 Å². The second-order valence-electron chi connectivity index (χ2n) is 5.35. The Labute approximate surface area is 117 Å². The Morgan fingerprint density at radius 3 is 2.24 bits per heavy atom. The molecule has 0 bridgehead atoms. The van der Waals surface area contributed by atoms with Gasteiger partial charge in [-0.15, -0.1) is 12.4 Å². The third-order valence-corrected chi connectivity index (χ3v) is 3.93. The van der Waals surface area contributed by atoms with Crippen molar-refractivity contribution in [1.29, 1.82) is 0 Å². The molecule has 0 aliphatic carbocycles. The van der Waals surface area contributed by atoms with E-state index in [1.165, 1.54) is 11.1 Å². The monoisotopic (exact) mass is 319 g/mol. The highest BCUT2D eigenvalue weighted by atomic mass is 79.9. The summed E-state index contributed by atoms with van der Waals surface area (Å²) in [6.45, 7) is 8.46. The van der Waals surface area contributed by atoms with Gasteiger partial charge in [0.15, 0.2) is 0 Å². The fourth-order valence-electron chi connectivity index (χ4n) is 2.05. The predicted octanol–water partition coefficient (Wildman–Crippen LogP) is 3.15. The zero-order chi connectivity index (χ0) is 12.1. The number of halogens is 2. The number of nitrogens with zero attached hydrogens (tertiary/aromatic N) is 1. The Balaban J connectivity index is 0.00000144. The molecular formula is C12H19BrClN3. The second kappa shape index (κ2) is 4.67. The van der Waals surface area contributed by atoms with E-state index in [0.29, 0.717) is 5.69 Å². The molecule has 0 atom stereocenters. The lowest BCUT2D eigenvalue weighted by Crippen LogP contribution is -2.36. The molecule has 0 aromatic heterocycles. The number of nitrogen functional groups attached to an aromatic ring is 2. The minimum atomic E-state index is 0. The van der Waals surface area contributed by atoms with Gasteiger partial charge in [0.2, 0.25) is 0 Å². The van der Waals surface area contributed by atoms with E-state index in [9.17, 15) is 0 Å². The van der Waals surface area contributed by atoms with Crippen LogP contribution in [0.25, 0.3) is 0 Å². The zero-order valence-corrected chi connectivity index (χ0v) is 12.8. The van der Waals surface area contributed by atoms with Crippen LogP contribution in [-0.4, -0.2) is 10.4 Å². The highest BCUT2D eigenvalue weighted by Gasteiger charge is 2.31. The number of hydrogen-bond donors (Lipinski definition) is 2. The summed E-state index contributed by atoms with van der Waals surface area (Å²) in [5.74, 6) is 0. The van der Waals surface area contributed by atoms with Gasteiger partial charge in [0.05, 0.1) is 11.4 Å². The third-order valence-electron chi connectivity index (χ3n) is 3.22. The predicted molar refractivity (Wildman–Crippen MR) is 79.2 cm³/mol. The number of fused-ring (bicyclic) bond motifs is 1. The first kappa shape index (κ1) is 14.6. The Kier molecular flexibility index (Phi) is 4.01. The Morgan fingerprint density at radius 1 is 1.18 bits per heavy atom. The molecule has 3 nitrogen and oxygen atoms in total. The smallest absolute Gasteiger partial charge is 0.0597 e. The second-order valence-corrected chi connectivity index (χ2v) is 6.20. The van der Waals surface area contributed by atoms with Crippen molar-refractivity contribution in [2.45, 2.75) is 39.4 Å². The van der Waals surface area contributed by atoms with Crippen LogP contribution in [0.3, 0.4) is 0 Å². The van der Waals surface area contributed by atoms with Gasteiger partial charge in [-0.1, -0.05) is 15.9 Å². The molecule has 0 saturated heterocycles. The van der Waals surface area contributed by atoms with E-state index in [0.717, 1.165) is 23.2 Å². The molecule has 17 heavy (non-hydrogen) atoms. The van der Waals surface area contributed by atoms with Crippen LogP contribution < -0.4 is 11.5 Å². The molecular weight excluding hydrogens is 302 g/mol. The standard InChI is InChI=1S/C12H18BrN3.ClH/c1-12(2,3)16-5-7-8(6-16)11(15)10(14)4-9(7)13;/h4H,5-6,14-15H2,1-3H3;1H. The van der Waals surface area contributed by atoms with E-state index >= 15 is 0 Å². The maximum absolute atomic E-state index is 6.04. The Bertz CT molecular complexity index is 440. The van der Waals surface area contributed by atoms with Crippen molar-refractivity contribution < 1.29 is 0 Å². The molecule has 0 amide bonds. The van der Waals surface area contributed by atoms with Crippen molar-refractivity contribution >= 4 is 39.7 Å². The van der Waals surface area contributed by atoms with Gasteiger partial charge in [-0.05, 0) is 38.0 Å². The Morgan fingerprint density at radius 2 is 1.71 bits per heavy atom. The molecule has 1 aliphatic rings. The molecule has 0 unspecified atom stereocenters. The van der Waals surface area contributed by atoms with Crippen LogP contribution in [0.4, 0.5) is 11.4 Å². The molecule has 4 N–H and O–H groups in total. The lowest BCUT2D eigenvalue weighted by molar-refractivity contribution is 0.136. The van der Waals surface area contributed by atoms with Crippen LogP contribution in [-0.2, 0) is 13.1 Å². The summed E-state index contributed by atoms with van der Waals surface area (Å²) >= 11 is 3.56. The topological polar surface area (TPSA) is 55.3 Å². The molecule has 0 fully saturated rings. The largest absolute Gasteiger partial charge is 0.397 e. The van der Waals surface area contributed by atoms with E-state index in [-0.39, 0.29) is 17.9 Å². The van der Waals surface area contributed by atoms with Gasteiger partial charge >= 0.3 is 0 Å². The van der Waals surface area contributed by atoms with E-state index < -0.39 is 0 Å². The highest BCUT2D eigenvalue weighted by molar-refractivity contribution is 9.10. The number of benzene rings is 1. The summed E-state index contributed by atoms with van der Waals surface area (Å²) in [5.41, 5.74) is 15.9. The number of anilines is 2. The van der Waals surface area contributed by atoms with Crippen molar-refractivity contribution in [3.8, 4) is 0 Å². The molecule has 1 aliphatic heterocycles. The first-order valence-corrected chi connectivity index (χ1v) is 6.20. The van der Waals surface area contributed by atoms with Gasteiger partial charge in [0, 0.05) is 23.1 Å². The third kappa shape index (κ3) is 2.54. The van der Waals surface area contributed by atoms with Crippen LogP contribution >= 0.6 is 28.3 Å². The number of hydrogen-bond acceptors (Lipinski definition) is 3. The lowest BCUT2D eigenvalue weighted by atomic mass is 10.1. The minimum Gasteiger partial charge on any atom is -0.397 e. The van der Waals surface area contributed by atoms with Crippen LogP contribution in [0.5, 0.6) is 0 Å². The van der Waals surface area contributed by atoms with Gasteiger partial charge in [0.1, 0.15) is 0 Å². The maximum atomic E-state index is 6.04. The molecule has 0 radical (unpaired) electrons. The molecule has 96 valence electrons. The van der Waals surface area contributed by atoms with Crippen LogP contribution in [0.2, 0.25) is 0 Å². The minimum absolute atomic E-state index is 0. The summed E-state index contributed by atoms with van der Waals surface area (Å²) in [5, 5.41) is 0. The van der Waals surface area contributed by atoms with Crippen molar-refractivity contribution in [2.75, 3.05) is 11.5 Å². The molecule has 1 aromatic rings. The summed E-state index contributed by atoms with van der Waals surface area (Å²) < 4.78 is 1.07. The van der Waals surface area contributed by atoms with Gasteiger partial charge in [-0.3, -0.25) is 4.90 Å². The molecule has 0 saturated carbocycles. The lowest BCUT2D eigenvalue weighted by Gasteiger charge is -2.31. The molecule has 0 spiro atoms. The molecule has 2 rings (SSSR count).